The molecule has 2 aliphatic carbocycles. The third kappa shape index (κ3) is 7.17. The Bertz CT molecular complexity index is 1810. The van der Waals surface area contributed by atoms with E-state index < -0.39 is 26.8 Å². The fraction of sp³-hybridized carbons (Fsp3) is 0.643. The zero-order valence-electron chi connectivity index (χ0n) is 31.8. The Morgan fingerprint density at radius 1 is 1.08 bits per heavy atom. The van der Waals surface area contributed by atoms with Gasteiger partial charge in [0.05, 0.1) is 30.8 Å². The lowest BCUT2D eigenvalue weighted by Crippen LogP contribution is -2.62. The van der Waals surface area contributed by atoms with E-state index in [2.05, 4.69) is 62.8 Å². The van der Waals surface area contributed by atoms with Gasteiger partial charge in [-0.2, -0.15) is 0 Å². The lowest BCUT2D eigenvalue weighted by molar-refractivity contribution is -0.121. The number of fused-ring (bicyclic) bond motifs is 5. The van der Waals surface area contributed by atoms with E-state index in [9.17, 15) is 13.2 Å². The molecule has 0 aromatic heterocycles. The van der Waals surface area contributed by atoms with Crippen molar-refractivity contribution in [1.82, 2.24) is 14.5 Å². The maximum atomic E-state index is 13.7. The highest BCUT2D eigenvalue weighted by molar-refractivity contribution is 7.90. The highest BCUT2D eigenvalue weighted by Gasteiger charge is 2.50. The second-order valence-corrected chi connectivity index (χ2v) is 18.8. The zero-order chi connectivity index (χ0) is 36.8. The first-order chi connectivity index (χ1) is 25.6. The molecular formula is C42H60N4O6S. The minimum absolute atomic E-state index is 0. The fourth-order valence-corrected chi connectivity index (χ4v) is 11.6. The summed E-state index contributed by atoms with van der Waals surface area (Å²) in [6.45, 7) is 14.8. The molecule has 1 spiro atoms. The van der Waals surface area contributed by atoms with Gasteiger partial charge < -0.3 is 19.1 Å². The molecule has 4 aliphatic heterocycles. The van der Waals surface area contributed by atoms with E-state index >= 15 is 0 Å². The number of anilines is 1. The lowest BCUT2D eigenvalue weighted by Gasteiger charge is -2.53. The molecule has 1 amide bonds. The number of sulfonamides is 1. The fourth-order valence-electron chi connectivity index (χ4n) is 10.3. The molecule has 2 bridgehead atoms. The van der Waals surface area contributed by atoms with Crippen LogP contribution in [0.2, 0.25) is 0 Å². The highest BCUT2D eigenvalue weighted by Crippen LogP contribution is 2.49. The third-order valence-electron chi connectivity index (χ3n) is 13.6. The molecule has 4 heterocycles. The number of carbonyl (C=O) groups is 1. The normalized spacial score (nSPS) is 35.4. The summed E-state index contributed by atoms with van der Waals surface area (Å²) in [6.07, 6.45) is 10.4. The Labute approximate surface area is 317 Å². The Morgan fingerprint density at radius 3 is 2.77 bits per heavy atom. The van der Waals surface area contributed by atoms with Crippen LogP contribution in [-0.4, -0.2) is 113 Å². The van der Waals surface area contributed by atoms with Gasteiger partial charge >= 0.3 is 0 Å². The number of rotatable bonds is 4. The molecule has 11 heteroatoms. The van der Waals surface area contributed by atoms with E-state index in [1.807, 2.05) is 19.1 Å². The van der Waals surface area contributed by atoms with Gasteiger partial charge in [-0.05, 0) is 99.5 Å². The standard InChI is InChI=1S/C42H58N4O6S.H2/c1-4-52-42(28-44-19-20-45-21-22-50-26-35(45)25-44)18-7-9-30(2)31(3)53(48,49)43-40(47)33-14-16-39-38(23-33)46(24-34-13-15-37(34)42)27-41(29-51-39)17-8-11-32-10-5-6-12-36(32)41;/h5-7,10,12,14,16,18,23,30-31,34-35,37H,4,8-9,11,13,15,17,19-22,24-29H2,1-3H3,(H,43,47);1H/b18-7+;/t30-,31+,34-,35-,37+,41-,42+;/m0./s1. The Hall–Kier alpha value is -2.96. The average molecular weight is 749 g/mol. The minimum Gasteiger partial charge on any atom is -0.490 e. The molecule has 0 radical (unpaired) electrons. The Kier molecular flexibility index (Phi) is 10.4. The van der Waals surface area contributed by atoms with Crippen molar-refractivity contribution in [2.45, 2.75) is 81.6 Å². The van der Waals surface area contributed by atoms with Crippen molar-refractivity contribution >= 4 is 21.6 Å². The van der Waals surface area contributed by atoms with Gasteiger partial charge in [-0.15, -0.1) is 0 Å². The Balaban J connectivity index is 0.00000450. The molecule has 10 nitrogen and oxygen atoms in total. The number of ether oxygens (including phenoxy) is 3. The predicted molar refractivity (Wildman–Crippen MR) is 209 cm³/mol. The van der Waals surface area contributed by atoms with Crippen molar-refractivity contribution < 1.29 is 28.8 Å². The predicted octanol–water partition coefficient (Wildman–Crippen LogP) is 5.27. The van der Waals surface area contributed by atoms with Crippen LogP contribution >= 0.6 is 0 Å². The van der Waals surface area contributed by atoms with Gasteiger partial charge in [-0.3, -0.25) is 14.6 Å². The first kappa shape index (κ1) is 37.0. The van der Waals surface area contributed by atoms with Gasteiger partial charge in [-0.1, -0.05) is 43.3 Å². The van der Waals surface area contributed by atoms with E-state index in [-0.39, 0.29) is 18.7 Å². The molecule has 53 heavy (non-hydrogen) atoms. The largest absolute Gasteiger partial charge is 0.490 e. The summed E-state index contributed by atoms with van der Waals surface area (Å²) in [5.41, 5.74) is 3.21. The van der Waals surface area contributed by atoms with Crippen LogP contribution in [0, 0.1) is 17.8 Å². The second-order valence-electron chi connectivity index (χ2n) is 16.8. The molecule has 0 unspecified atom stereocenters. The van der Waals surface area contributed by atoms with Gasteiger partial charge in [0.15, 0.2) is 0 Å². The lowest BCUT2D eigenvalue weighted by atomic mass is 9.63. The molecule has 2 aromatic rings. The van der Waals surface area contributed by atoms with Gasteiger partial charge in [-0.25, -0.2) is 13.1 Å². The van der Waals surface area contributed by atoms with Crippen LogP contribution in [-0.2, 0) is 31.3 Å². The molecular weight excluding hydrogens is 689 g/mol. The number of hydrogen-bond acceptors (Lipinski definition) is 9. The molecule has 6 aliphatic rings. The number of carbonyl (C=O) groups excluding carboxylic acids is 1. The van der Waals surface area contributed by atoms with E-state index in [1.54, 1.807) is 13.0 Å². The summed E-state index contributed by atoms with van der Waals surface area (Å²) >= 11 is 0. The van der Waals surface area contributed by atoms with Crippen LogP contribution in [0.3, 0.4) is 0 Å². The van der Waals surface area contributed by atoms with E-state index in [0.717, 1.165) is 103 Å². The minimum atomic E-state index is -3.95. The van der Waals surface area contributed by atoms with E-state index in [1.165, 1.54) is 11.1 Å². The SMILES string of the molecule is CCO[C@@]1(CN2CCN3CCOC[C@@H]3C2)/C=C/C[C@H](C)[C@@H](C)S(=O)(=O)NC(=O)c2ccc3c(c2)N(C[C@@H]2CC[C@H]21)C[C@@]1(CCCc2ccccc21)CO3.[HH]. The Morgan fingerprint density at radius 2 is 1.94 bits per heavy atom. The summed E-state index contributed by atoms with van der Waals surface area (Å²) in [5.74, 6) is 0.560. The van der Waals surface area contributed by atoms with Crippen LogP contribution in [0.4, 0.5) is 5.69 Å². The van der Waals surface area contributed by atoms with E-state index in [4.69, 9.17) is 14.2 Å². The van der Waals surface area contributed by atoms with Crippen molar-refractivity contribution in [3.05, 3.63) is 71.3 Å². The maximum Gasteiger partial charge on any atom is 0.264 e. The number of hydrogen-bond donors (Lipinski definition) is 1. The number of nitrogens with one attached hydrogen (secondary N) is 1. The summed E-state index contributed by atoms with van der Waals surface area (Å²) in [6, 6.07) is 14.7. The molecule has 2 saturated heterocycles. The summed E-state index contributed by atoms with van der Waals surface area (Å²) in [7, 11) is -3.95. The van der Waals surface area contributed by atoms with Crippen LogP contribution in [0.25, 0.3) is 0 Å². The van der Waals surface area contributed by atoms with Crippen LogP contribution < -0.4 is 14.4 Å². The monoisotopic (exact) mass is 748 g/mol. The molecule has 290 valence electrons. The first-order valence-electron chi connectivity index (χ1n) is 20.1. The summed E-state index contributed by atoms with van der Waals surface area (Å²) in [5, 5.41) is -0.770. The van der Waals surface area contributed by atoms with Crippen LogP contribution in [0.1, 0.15) is 75.8 Å². The second kappa shape index (κ2) is 14.9. The molecule has 3 fully saturated rings. The van der Waals surface area contributed by atoms with Gasteiger partial charge in [0.2, 0.25) is 10.0 Å². The number of allylic oxidation sites excluding steroid dienone is 1. The number of nitrogens with zero attached hydrogens (tertiary/aromatic N) is 3. The third-order valence-corrected chi connectivity index (χ3v) is 15.5. The van der Waals surface area contributed by atoms with Gasteiger partial charge in [0.1, 0.15) is 11.4 Å². The van der Waals surface area contributed by atoms with Crippen LogP contribution in [0.5, 0.6) is 5.75 Å². The molecule has 7 atom stereocenters. The first-order valence-corrected chi connectivity index (χ1v) is 21.7. The number of piperazine rings is 1. The van der Waals surface area contributed by atoms with Gasteiger partial charge in [0, 0.05) is 70.9 Å². The van der Waals surface area contributed by atoms with Crippen molar-refractivity contribution in [1.29, 1.82) is 0 Å². The number of morpholine rings is 1. The zero-order valence-corrected chi connectivity index (χ0v) is 32.6. The molecule has 1 N–H and O–H groups in total. The van der Waals surface area contributed by atoms with Gasteiger partial charge in [0.25, 0.3) is 5.91 Å². The van der Waals surface area contributed by atoms with Crippen molar-refractivity contribution in [2.75, 3.05) is 77.1 Å². The number of aryl methyl sites for hydroxylation is 1. The number of benzene rings is 2. The summed E-state index contributed by atoms with van der Waals surface area (Å²) < 4.78 is 49.4. The van der Waals surface area contributed by atoms with E-state index in [0.29, 0.717) is 37.2 Å². The molecule has 2 aromatic carbocycles. The summed E-state index contributed by atoms with van der Waals surface area (Å²) in [4.78, 5) is 21.3. The van der Waals surface area contributed by atoms with Crippen LogP contribution in [0.15, 0.2) is 54.6 Å². The quantitative estimate of drug-likeness (QED) is 0.420. The molecule has 8 rings (SSSR count). The maximum absolute atomic E-state index is 13.7. The highest BCUT2D eigenvalue weighted by atomic mass is 32.2. The van der Waals surface area contributed by atoms with Crippen molar-refractivity contribution in [3.8, 4) is 5.75 Å². The molecule has 1 saturated carbocycles. The van der Waals surface area contributed by atoms with Crippen molar-refractivity contribution in [2.24, 2.45) is 17.8 Å². The number of amides is 1. The smallest absolute Gasteiger partial charge is 0.264 e. The average Bonchev–Trinajstić information content (AvgIpc) is 3.29. The van der Waals surface area contributed by atoms with Crippen molar-refractivity contribution in [3.63, 3.8) is 0 Å². The topological polar surface area (TPSA) is 101 Å².